The standard InChI is InChI=1S/C57H58N2O2P/c1-8-12-32-61-62(60,42-26-28-46-47(33-42)39(6)57(10-3,11-4)58-31-30-40-20-16-17-23-44(40)55(46)58)43-27-29-53-49(34-43)50-35-48-45-24-18-19-25-51(45)56(7,37-38(5)9-2)52(48)36-54(50)59(53)41-21-14-13-15-22-41/h13-31,33-36,38H,6,8-12,32,37H2,1-5,7H3/q+1. The highest BCUT2D eigenvalue weighted by Crippen LogP contribution is 2.55. The third kappa shape index (κ3) is 5.90. The molecule has 0 bridgehead atoms. The molecule has 312 valence electrons. The number of aromatic nitrogens is 2. The Bertz CT molecular complexity index is 3120. The molecule has 6 aromatic carbocycles. The minimum atomic E-state index is -3.63. The number of hydrogen-bond donors (Lipinski definition) is 0. The summed E-state index contributed by atoms with van der Waals surface area (Å²) in [4.78, 5) is 0. The van der Waals surface area contributed by atoms with Gasteiger partial charge in [0, 0.05) is 57.0 Å². The molecule has 0 radical (unpaired) electrons. The minimum Gasteiger partial charge on any atom is -0.322 e. The Morgan fingerprint density at radius 1 is 0.694 bits per heavy atom. The van der Waals surface area contributed by atoms with Crippen LogP contribution in [-0.2, 0) is 20.0 Å². The lowest BCUT2D eigenvalue weighted by Crippen LogP contribution is -2.59. The molecule has 0 saturated heterocycles. The first kappa shape index (κ1) is 40.5. The maximum atomic E-state index is 16.2. The maximum Gasteiger partial charge on any atom is 0.261 e. The average Bonchev–Trinajstić information content (AvgIpc) is 3.76. The second kappa shape index (κ2) is 15.4. The number of nitrogens with zero attached hydrogens (tertiary/aromatic N) is 2. The van der Waals surface area contributed by atoms with E-state index >= 15 is 4.57 Å². The molecule has 5 heteroatoms. The van der Waals surface area contributed by atoms with E-state index in [1.807, 2.05) is 0 Å². The van der Waals surface area contributed by atoms with Gasteiger partial charge in [0.1, 0.15) is 0 Å². The third-order valence-corrected chi connectivity index (χ3v) is 17.3. The van der Waals surface area contributed by atoms with Crippen LogP contribution in [0.3, 0.4) is 0 Å². The predicted octanol–water partition coefficient (Wildman–Crippen LogP) is 14.2. The van der Waals surface area contributed by atoms with E-state index in [2.05, 4.69) is 190 Å². The molecule has 1 aliphatic carbocycles. The van der Waals surface area contributed by atoms with E-state index in [9.17, 15) is 0 Å². The van der Waals surface area contributed by atoms with E-state index in [1.54, 1.807) is 0 Å². The number of hydrogen-bond acceptors (Lipinski definition) is 2. The van der Waals surface area contributed by atoms with Gasteiger partial charge in [0.25, 0.3) is 7.37 Å². The minimum absolute atomic E-state index is 0.115. The largest absolute Gasteiger partial charge is 0.322 e. The molecule has 0 N–H and O–H groups in total. The van der Waals surface area contributed by atoms with Gasteiger partial charge in [0.15, 0.2) is 11.7 Å². The smallest absolute Gasteiger partial charge is 0.261 e. The van der Waals surface area contributed by atoms with Gasteiger partial charge in [-0.1, -0.05) is 122 Å². The molecular weight excluding hydrogens is 776 g/mol. The molecule has 62 heavy (non-hydrogen) atoms. The van der Waals surface area contributed by atoms with Crippen molar-refractivity contribution in [2.75, 3.05) is 6.61 Å². The van der Waals surface area contributed by atoms with Crippen molar-refractivity contribution < 1.29 is 13.7 Å². The summed E-state index contributed by atoms with van der Waals surface area (Å²) in [6.45, 7) is 19.0. The van der Waals surface area contributed by atoms with Crippen molar-refractivity contribution in [2.24, 2.45) is 5.92 Å². The Labute approximate surface area is 367 Å². The molecule has 0 saturated carbocycles. The fourth-order valence-corrected chi connectivity index (χ4v) is 13.4. The van der Waals surface area contributed by atoms with E-state index in [1.165, 1.54) is 38.7 Å². The molecule has 10 rings (SSSR count). The molecule has 1 aliphatic heterocycles. The number of rotatable bonds is 12. The zero-order chi connectivity index (χ0) is 43.0. The van der Waals surface area contributed by atoms with Crippen LogP contribution in [0.25, 0.3) is 66.2 Å². The van der Waals surface area contributed by atoms with Crippen molar-refractivity contribution in [3.8, 4) is 28.1 Å². The van der Waals surface area contributed by atoms with Gasteiger partial charge in [0.2, 0.25) is 5.69 Å². The Morgan fingerprint density at radius 2 is 1.40 bits per heavy atom. The Morgan fingerprint density at radius 3 is 2.18 bits per heavy atom. The van der Waals surface area contributed by atoms with Crippen molar-refractivity contribution in [2.45, 2.75) is 91.0 Å². The summed E-state index contributed by atoms with van der Waals surface area (Å²) in [7, 11) is -3.63. The number of para-hydroxylation sites is 1. The first-order chi connectivity index (χ1) is 30.1. The fraction of sp³-hybridized carbons (Fsp3) is 0.281. The first-order valence-corrected chi connectivity index (χ1v) is 24.6. The molecule has 0 spiro atoms. The molecule has 0 fully saturated rings. The second-order valence-corrected chi connectivity index (χ2v) is 20.6. The van der Waals surface area contributed by atoms with Crippen LogP contribution in [0.2, 0.25) is 0 Å². The SMILES string of the molecule is C=C1c2cc(P(=O)(OCCCC)c3ccc4c(c3)c3cc5c(cc3n4-c3ccccc3)C(C)(CC(C)CC)c3ccccc3-5)ccc2-c2c3ccccc3cc[n+]2C1(CC)CC. The topological polar surface area (TPSA) is 35.1 Å². The summed E-state index contributed by atoms with van der Waals surface area (Å²) in [5.74, 6) is 0.577. The van der Waals surface area contributed by atoms with Gasteiger partial charge in [-0.3, -0.25) is 4.57 Å². The summed E-state index contributed by atoms with van der Waals surface area (Å²) < 4.78 is 27.8. The molecular formula is C57H58N2O2P+. The summed E-state index contributed by atoms with van der Waals surface area (Å²) in [6, 6.07) is 48.3. The van der Waals surface area contributed by atoms with Gasteiger partial charge in [0.05, 0.1) is 28.6 Å². The van der Waals surface area contributed by atoms with E-state index in [4.69, 9.17) is 11.1 Å². The van der Waals surface area contributed by atoms with Crippen LogP contribution in [0.5, 0.6) is 0 Å². The summed E-state index contributed by atoms with van der Waals surface area (Å²) in [5.41, 5.74) is 12.7. The molecule has 3 unspecified atom stereocenters. The summed E-state index contributed by atoms with van der Waals surface area (Å²) in [6.07, 6.45) is 8.01. The van der Waals surface area contributed by atoms with Crippen molar-refractivity contribution >= 4 is 56.1 Å². The van der Waals surface area contributed by atoms with Crippen LogP contribution in [0, 0.1) is 5.92 Å². The lowest BCUT2D eigenvalue weighted by molar-refractivity contribution is -0.740. The average molecular weight is 834 g/mol. The molecule has 4 nitrogen and oxygen atoms in total. The number of unbranched alkanes of at least 4 members (excludes halogenated alkanes) is 1. The second-order valence-electron chi connectivity index (χ2n) is 18.2. The summed E-state index contributed by atoms with van der Waals surface area (Å²) >= 11 is 0. The Kier molecular flexibility index (Phi) is 10.0. The highest BCUT2D eigenvalue weighted by Gasteiger charge is 2.48. The van der Waals surface area contributed by atoms with Gasteiger partial charge < -0.3 is 9.09 Å². The van der Waals surface area contributed by atoms with Crippen molar-refractivity contribution in [1.29, 1.82) is 0 Å². The predicted molar refractivity (Wildman–Crippen MR) is 262 cm³/mol. The van der Waals surface area contributed by atoms with Crippen molar-refractivity contribution in [1.82, 2.24) is 4.57 Å². The number of allylic oxidation sites excluding steroid dienone is 1. The van der Waals surface area contributed by atoms with Crippen LogP contribution in [0.15, 0.2) is 146 Å². The van der Waals surface area contributed by atoms with Crippen LogP contribution >= 0.6 is 7.37 Å². The fourth-order valence-electron chi connectivity index (χ4n) is 11.2. The van der Waals surface area contributed by atoms with E-state index in [0.717, 1.165) is 88.0 Å². The van der Waals surface area contributed by atoms with Gasteiger partial charge in [-0.05, 0) is 119 Å². The monoisotopic (exact) mass is 833 g/mol. The van der Waals surface area contributed by atoms with E-state index < -0.39 is 7.37 Å². The Balaban J connectivity index is 1.21. The molecule has 0 amide bonds. The highest BCUT2D eigenvalue weighted by molar-refractivity contribution is 7.74. The Hall–Kier alpha value is -5.54. The lowest BCUT2D eigenvalue weighted by atomic mass is 9.73. The molecule has 3 heterocycles. The number of pyridine rings is 1. The first-order valence-electron chi connectivity index (χ1n) is 22.9. The van der Waals surface area contributed by atoms with Crippen molar-refractivity contribution in [3.63, 3.8) is 0 Å². The van der Waals surface area contributed by atoms with Gasteiger partial charge in [-0.2, -0.15) is 4.57 Å². The lowest BCUT2D eigenvalue weighted by Gasteiger charge is -2.35. The van der Waals surface area contributed by atoms with Crippen LogP contribution in [0.4, 0.5) is 0 Å². The number of benzene rings is 6. The quantitative estimate of drug-likeness (QED) is 0.0698. The molecule has 3 atom stereocenters. The molecule has 2 aromatic heterocycles. The maximum absolute atomic E-state index is 16.2. The normalized spacial score (nSPS) is 17.7. The number of fused-ring (bicyclic) bond motifs is 11. The van der Waals surface area contributed by atoms with E-state index in [0.29, 0.717) is 17.8 Å². The molecule has 2 aliphatic rings. The van der Waals surface area contributed by atoms with Crippen molar-refractivity contribution in [3.05, 3.63) is 163 Å². The van der Waals surface area contributed by atoms with Gasteiger partial charge in [-0.25, -0.2) is 0 Å². The molecule has 8 aromatic rings. The third-order valence-electron chi connectivity index (χ3n) is 14.8. The van der Waals surface area contributed by atoms with Crippen LogP contribution in [0.1, 0.15) is 96.8 Å². The van der Waals surface area contributed by atoms with E-state index in [-0.39, 0.29) is 11.0 Å². The van der Waals surface area contributed by atoms with Crippen LogP contribution < -0.4 is 15.2 Å². The summed E-state index contributed by atoms with van der Waals surface area (Å²) in [5, 5.41) is 6.07. The zero-order valence-electron chi connectivity index (χ0n) is 37.2. The van der Waals surface area contributed by atoms with Crippen LogP contribution in [-0.4, -0.2) is 11.2 Å². The highest BCUT2D eigenvalue weighted by atomic mass is 31.2. The zero-order valence-corrected chi connectivity index (χ0v) is 38.1. The van der Waals surface area contributed by atoms with Gasteiger partial charge >= 0.3 is 0 Å². The van der Waals surface area contributed by atoms with Gasteiger partial charge in [-0.15, -0.1) is 0 Å².